The zero-order valence-corrected chi connectivity index (χ0v) is 14.2. The molecule has 0 aliphatic carbocycles. The van der Waals surface area contributed by atoms with Gasteiger partial charge in [-0.1, -0.05) is 0 Å². The Morgan fingerprint density at radius 1 is 1.17 bits per heavy atom. The van der Waals surface area contributed by atoms with Crippen LogP contribution in [0.1, 0.15) is 23.7 Å². The van der Waals surface area contributed by atoms with E-state index in [0.717, 1.165) is 0 Å². The number of non-ortho nitro benzene ring substituents is 1. The Morgan fingerprint density at radius 2 is 1.67 bits per heavy atom. The fraction of sp³-hybridized carbons (Fsp3) is 0.467. The van der Waals surface area contributed by atoms with E-state index in [1.54, 1.807) is 16.7 Å². The summed E-state index contributed by atoms with van der Waals surface area (Å²) in [6, 6.07) is 5.36. The molecule has 2 rings (SSSR count). The minimum Gasteiger partial charge on any atom is -0.339 e. The molecule has 1 unspecified atom stereocenters. The van der Waals surface area contributed by atoms with Gasteiger partial charge in [0.15, 0.2) is 0 Å². The predicted molar refractivity (Wildman–Crippen MR) is 91.1 cm³/mol. The van der Waals surface area contributed by atoms with Gasteiger partial charge in [-0.25, -0.2) is 0 Å². The third kappa shape index (κ3) is 4.90. The normalized spacial score (nSPS) is 15.4. The summed E-state index contributed by atoms with van der Waals surface area (Å²) in [4.78, 5) is 37.8. The summed E-state index contributed by atoms with van der Waals surface area (Å²) in [6.45, 7) is 3.63. The first-order chi connectivity index (χ1) is 10.9. The van der Waals surface area contributed by atoms with Gasteiger partial charge >= 0.3 is 0 Å². The van der Waals surface area contributed by atoms with E-state index >= 15 is 0 Å². The van der Waals surface area contributed by atoms with Gasteiger partial charge < -0.3 is 15.5 Å². The lowest BCUT2D eigenvalue weighted by Gasteiger charge is -2.35. The maximum atomic E-state index is 12.4. The molecule has 1 aliphatic heterocycles. The number of nitrogens with two attached hydrogens (primary N) is 1. The number of rotatable bonds is 4. The van der Waals surface area contributed by atoms with Crippen LogP contribution in [0.25, 0.3) is 0 Å². The number of benzene rings is 1. The van der Waals surface area contributed by atoms with Gasteiger partial charge in [0.25, 0.3) is 11.6 Å². The molecule has 1 heterocycles. The fourth-order valence-electron chi connectivity index (χ4n) is 2.47. The van der Waals surface area contributed by atoms with Gasteiger partial charge in [0.2, 0.25) is 5.91 Å². The van der Waals surface area contributed by atoms with Crippen molar-refractivity contribution < 1.29 is 14.5 Å². The molecule has 8 nitrogen and oxygen atoms in total. The predicted octanol–water partition coefficient (Wildman–Crippen LogP) is 1.04. The van der Waals surface area contributed by atoms with Gasteiger partial charge in [0, 0.05) is 56.3 Å². The molecule has 1 atom stereocenters. The first-order valence-corrected chi connectivity index (χ1v) is 7.45. The Kier molecular flexibility index (Phi) is 7.12. The lowest BCUT2D eigenvalue weighted by molar-refractivity contribution is -0.384. The highest BCUT2D eigenvalue weighted by Crippen LogP contribution is 2.15. The minimum absolute atomic E-state index is 0. The number of piperazine rings is 1. The summed E-state index contributed by atoms with van der Waals surface area (Å²) in [7, 11) is 0. The van der Waals surface area contributed by atoms with Crippen molar-refractivity contribution in [2.45, 2.75) is 19.4 Å². The van der Waals surface area contributed by atoms with E-state index in [1.807, 2.05) is 0 Å². The van der Waals surface area contributed by atoms with Crippen molar-refractivity contribution in [2.24, 2.45) is 5.73 Å². The summed E-state index contributed by atoms with van der Waals surface area (Å²) < 4.78 is 0. The van der Waals surface area contributed by atoms with Crippen molar-refractivity contribution in [1.29, 1.82) is 0 Å². The van der Waals surface area contributed by atoms with Crippen molar-refractivity contribution in [3.63, 3.8) is 0 Å². The van der Waals surface area contributed by atoms with Gasteiger partial charge in [-0.15, -0.1) is 12.4 Å². The molecule has 0 bridgehead atoms. The summed E-state index contributed by atoms with van der Waals surface area (Å²) >= 11 is 0. The van der Waals surface area contributed by atoms with Gasteiger partial charge in [-0.2, -0.15) is 0 Å². The van der Waals surface area contributed by atoms with Crippen LogP contribution in [0, 0.1) is 10.1 Å². The van der Waals surface area contributed by atoms with E-state index in [9.17, 15) is 19.7 Å². The zero-order chi connectivity index (χ0) is 17.0. The lowest BCUT2D eigenvalue weighted by atomic mass is 10.1. The Labute approximate surface area is 146 Å². The van der Waals surface area contributed by atoms with Crippen LogP contribution in [0.15, 0.2) is 24.3 Å². The van der Waals surface area contributed by atoms with Crippen molar-refractivity contribution in [2.75, 3.05) is 26.2 Å². The largest absolute Gasteiger partial charge is 0.339 e. The van der Waals surface area contributed by atoms with Crippen molar-refractivity contribution in [1.82, 2.24) is 9.80 Å². The maximum Gasteiger partial charge on any atom is 0.269 e. The highest BCUT2D eigenvalue weighted by atomic mass is 35.5. The van der Waals surface area contributed by atoms with Crippen molar-refractivity contribution in [3.8, 4) is 0 Å². The van der Waals surface area contributed by atoms with E-state index < -0.39 is 4.92 Å². The molecule has 1 fully saturated rings. The molecule has 9 heteroatoms. The van der Waals surface area contributed by atoms with E-state index in [1.165, 1.54) is 24.3 Å². The number of amides is 2. The second-order valence-electron chi connectivity index (χ2n) is 5.66. The smallest absolute Gasteiger partial charge is 0.269 e. The van der Waals surface area contributed by atoms with Crippen LogP contribution in [0.3, 0.4) is 0 Å². The van der Waals surface area contributed by atoms with Crippen LogP contribution in [-0.4, -0.2) is 58.8 Å². The molecular formula is C15H21ClN4O4. The minimum atomic E-state index is -0.503. The van der Waals surface area contributed by atoms with Crippen LogP contribution in [0.4, 0.5) is 5.69 Å². The molecular weight excluding hydrogens is 336 g/mol. The zero-order valence-electron chi connectivity index (χ0n) is 13.4. The van der Waals surface area contributed by atoms with E-state index in [4.69, 9.17) is 5.73 Å². The summed E-state index contributed by atoms with van der Waals surface area (Å²) in [6.07, 6.45) is 0.302. The Morgan fingerprint density at radius 3 is 2.12 bits per heavy atom. The van der Waals surface area contributed by atoms with E-state index in [2.05, 4.69) is 0 Å². The molecule has 1 aromatic carbocycles. The maximum absolute atomic E-state index is 12.4. The van der Waals surface area contributed by atoms with Gasteiger partial charge in [-0.3, -0.25) is 19.7 Å². The fourth-order valence-corrected chi connectivity index (χ4v) is 2.47. The third-order valence-corrected chi connectivity index (χ3v) is 3.74. The van der Waals surface area contributed by atoms with Crippen molar-refractivity contribution >= 4 is 29.9 Å². The molecule has 1 aromatic rings. The SMILES string of the molecule is CC(N)CC(=O)N1CCN(C(=O)c2ccc([N+](=O)[O-])cc2)CC1.Cl. The first-order valence-electron chi connectivity index (χ1n) is 7.45. The van der Waals surface area contributed by atoms with Crippen LogP contribution in [0.5, 0.6) is 0 Å². The standard InChI is InChI=1S/C15H20N4O4.ClH/c1-11(16)10-14(20)17-6-8-18(9-7-17)15(21)12-2-4-13(5-3-12)19(22)23;/h2-5,11H,6-10,16H2,1H3;1H. The monoisotopic (exact) mass is 356 g/mol. The molecule has 24 heavy (non-hydrogen) atoms. The van der Waals surface area contributed by atoms with E-state index in [0.29, 0.717) is 38.2 Å². The molecule has 2 amide bonds. The number of nitrogens with zero attached hydrogens (tertiary/aromatic N) is 3. The highest BCUT2D eigenvalue weighted by Gasteiger charge is 2.25. The molecule has 0 aromatic heterocycles. The van der Waals surface area contributed by atoms with Gasteiger partial charge in [0.05, 0.1) is 4.92 Å². The number of hydrogen-bond acceptors (Lipinski definition) is 5. The van der Waals surface area contributed by atoms with Crippen LogP contribution < -0.4 is 5.73 Å². The number of carbonyl (C=O) groups excluding carboxylic acids is 2. The number of halogens is 1. The molecule has 0 radical (unpaired) electrons. The number of hydrogen-bond donors (Lipinski definition) is 1. The van der Waals surface area contributed by atoms with Crippen LogP contribution in [0.2, 0.25) is 0 Å². The number of nitro groups is 1. The van der Waals surface area contributed by atoms with Crippen LogP contribution >= 0.6 is 12.4 Å². The summed E-state index contributed by atoms with van der Waals surface area (Å²) in [5.41, 5.74) is 5.99. The molecule has 2 N–H and O–H groups in total. The molecule has 1 aliphatic rings. The lowest BCUT2D eigenvalue weighted by Crippen LogP contribution is -2.51. The second-order valence-corrected chi connectivity index (χ2v) is 5.66. The van der Waals surface area contributed by atoms with E-state index in [-0.39, 0.29) is 36.0 Å². The summed E-state index contributed by atoms with van der Waals surface area (Å²) in [5, 5.41) is 10.6. The topological polar surface area (TPSA) is 110 Å². The second kappa shape index (κ2) is 8.60. The molecule has 0 saturated carbocycles. The number of nitro benzene ring substituents is 1. The Balaban J connectivity index is 0.00000288. The number of carbonyl (C=O) groups is 2. The summed E-state index contributed by atoms with van der Waals surface area (Å²) in [5.74, 6) is -0.179. The van der Waals surface area contributed by atoms with Crippen molar-refractivity contribution in [3.05, 3.63) is 39.9 Å². The molecule has 132 valence electrons. The highest BCUT2D eigenvalue weighted by molar-refractivity contribution is 5.94. The quantitative estimate of drug-likeness (QED) is 0.640. The molecule has 0 spiro atoms. The first kappa shape index (κ1) is 19.9. The van der Waals surface area contributed by atoms with Crippen LogP contribution in [-0.2, 0) is 4.79 Å². The molecule has 1 saturated heterocycles. The van der Waals surface area contributed by atoms with Gasteiger partial charge in [0.1, 0.15) is 0 Å². The Hall–Kier alpha value is -2.19. The average molecular weight is 357 g/mol. The third-order valence-electron chi connectivity index (χ3n) is 3.74. The Bertz CT molecular complexity index is 598. The average Bonchev–Trinajstić information content (AvgIpc) is 2.53. The van der Waals surface area contributed by atoms with Gasteiger partial charge in [-0.05, 0) is 19.1 Å².